The Kier molecular flexibility index (Phi) is 6.11. The van der Waals surface area contributed by atoms with E-state index in [1.807, 2.05) is 0 Å². The van der Waals surface area contributed by atoms with Crippen molar-refractivity contribution in [2.75, 3.05) is 39.8 Å². The van der Waals surface area contributed by atoms with Crippen molar-refractivity contribution in [1.29, 1.82) is 0 Å². The fourth-order valence-electron chi connectivity index (χ4n) is 3.88. The van der Waals surface area contributed by atoms with Crippen LogP contribution in [0.2, 0.25) is 0 Å². The van der Waals surface area contributed by atoms with Crippen molar-refractivity contribution >= 4 is 0 Å². The van der Waals surface area contributed by atoms with Gasteiger partial charge in [0.15, 0.2) is 0 Å². The molecule has 0 bridgehead atoms. The van der Waals surface area contributed by atoms with E-state index in [-0.39, 0.29) is 0 Å². The maximum absolute atomic E-state index is 9.36. The molecule has 3 nitrogen and oxygen atoms in total. The Hall–Kier alpha value is -0.120. The van der Waals surface area contributed by atoms with Crippen molar-refractivity contribution in [1.82, 2.24) is 9.80 Å². The van der Waals surface area contributed by atoms with E-state index in [1.165, 1.54) is 58.2 Å². The molecule has 112 valence electrons. The molecule has 2 atom stereocenters. The number of piperidine rings is 1. The quantitative estimate of drug-likeness (QED) is 0.828. The minimum absolute atomic E-state index is 0.313. The van der Waals surface area contributed by atoms with E-state index < -0.39 is 0 Å². The van der Waals surface area contributed by atoms with Crippen LogP contribution in [0.3, 0.4) is 0 Å². The zero-order chi connectivity index (χ0) is 13.7. The molecule has 0 aromatic carbocycles. The molecule has 1 saturated heterocycles. The van der Waals surface area contributed by atoms with Crippen molar-refractivity contribution in [3.05, 3.63) is 0 Å². The van der Waals surface area contributed by atoms with E-state index in [0.29, 0.717) is 12.6 Å². The Labute approximate surface area is 119 Å². The number of hydrogen-bond donors (Lipinski definition) is 1. The zero-order valence-corrected chi connectivity index (χ0v) is 12.9. The first kappa shape index (κ1) is 15.3. The molecule has 0 aromatic rings. The third kappa shape index (κ3) is 4.44. The van der Waals surface area contributed by atoms with Gasteiger partial charge in [0, 0.05) is 19.1 Å². The predicted octanol–water partition coefficient (Wildman–Crippen LogP) is 2.20. The van der Waals surface area contributed by atoms with Gasteiger partial charge in [-0.2, -0.15) is 0 Å². The number of aliphatic hydroxyl groups excluding tert-OH is 1. The Balaban J connectivity index is 1.87. The van der Waals surface area contributed by atoms with Crippen LogP contribution < -0.4 is 0 Å². The van der Waals surface area contributed by atoms with Crippen LogP contribution in [0, 0.1) is 11.8 Å². The van der Waals surface area contributed by atoms with Crippen LogP contribution in [0.15, 0.2) is 0 Å². The lowest BCUT2D eigenvalue weighted by Crippen LogP contribution is -2.47. The van der Waals surface area contributed by atoms with Gasteiger partial charge in [0.2, 0.25) is 0 Å². The molecule has 2 rings (SSSR count). The van der Waals surface area contributed by atoms with Crippen LogP contribution in [0.1, 0.15) is 45.4 Å². The second-order valence-corrected chi connectivity index (χ2v) is 6.77. The van der Waals surface area contributed by atoms with Gasteiger partial charge in [-0.3, -0.25) is 4.90 Å². The normalized spacial score (nSPS) is 30.9. The lowest BCUT2D eigenvalue weighted by Gasteiger charge is -2.40. The van der Waals surface area contributed by atoms with Crippen LogP contribution in [-0.4, -0.2) is 60.8 Å². The summed E-state index contributed by atoms with van der Waals surface area (Å²) in [6, 6.07) is 0.706. The maximum Gasteiger partial charge on any atom is 0.0558 e. The molecule has 2 fully saturated rings. The van der Waals surface area contributed by atoms with Crippen LogP contribution >= 0.6 is 0 Å². The number of nitrogens with zero attached hydrogens (tertiary/aromatic N) is 2. The Bertz CT molecular complexity index is 251. The van der Waals surface area contributed by atoms with E-state index in [2.05, 4.69) is 23.8 Å². The Morgan fingerprint density at radius 2 is 1.79 bits per heavy atom. The first-order valence-corrected chi connectivity index (χ1v) is 8.24. The smallest absolute Gasteiger partial charge is 0.0558 e. The molecule has 1 aliphatic heterocycles. The molecule has 0 amide bonds. The van der Waals surface area contributed by atoms with Crippen molar-refractivity contribution in [3.8, 4) is 0 Å². The van der Waals surface area contributed by atoms with Crippen LogP contribution in [0.4, 0.5) is 0 Å². The highest BCUT2D eigenvalue weighted by molar-refractivity contribution is 4.82. The van der Waals surface area contributed by atoms with Gasteiger partial charge in [0.1, 0.15) is 0 Å². The summed E-state index contributed by atoms with van der Waals surface area (Å²) in [5.41, 5.74) is 0. The summed E-state index contributed by atoms with van der Waals surface area (Å²) in [6.07, 6.45) is 8.19. The van der Waals surface area contributed by atoms with Gasteiger partial charge in [0.05, 0.1) is 6.61 Å². The molecule has 0 unspecified atom stereocenters. The topological polar surface area (TPSA) is 26.7 Å². The Morgan fingerprint density at radius 1 is 1.11 bits per heavy atom. The van der Waals surface area contributed by atoms with Crippen LogP contribution in [0.5, 0.6) is 0 Å². The van der Waals surface area contributed by atoms with Gasteiger partial charge in [-0.15, -0.1) is 0 Å². The van der Waals surface area contributed by atoms with E-state index in [1.54, 1.807) is 0 Å². The second-order valence-electron chi connectivity index (χ2n) is 6.77. The molecule has 1 aliphatic carbocycles. The SMILES string of the molecule is C[C@@H]1CCCC[C@H]1CN(CCO)C1CCN(C)CC1. The molecule has 1 N–H and O–H groups in total. The molecule has 1 heterocycles. The minimum Gasteiger partial charge on any atom is -0.395 e. The van der Waals surface area contributed by atoms with Crippen molar-refractivity contribution in [2.45, 2.75) is 51.5 Å². The number of aliphatic hydroxyl groups is 1. The molecule has 3 heteroatoms. The lowest BCUT2D eigenvalue weighted by molar-refractivity contribution is 0.0675. The van der Waals surface area contributed by atoms with Gasteiger partial charge in [0.25, 0.3) is 0 Å². The molecule has 19 heavy (non-hydrogen) atoms. The van der Waals surface area contributed by atoms with Crippen LogP contribution in [-0.2, 0) is 0 Å². The average molecular weight is 268 g/mol. The minimum atomic E-state index is 0.313. The molecular weight excluding hydrogens is 236 g/mol. The summed E-state index contributed by atoms with van der Waals surface area (Å²) >= 11 is 0. The van der Waals surface area contributed by atoms with Gasteiger partial charge >= 0.3 is 0 Å². The predicted molar refractivity (Wildman–Crippen MR) is 80.3 cm³/mol. The molecule has 0 aromatic heterocycles. The van der Waals surface area contributed by atoms with E-state index in [4.69, 9.17) is 0 Å². The van der Waals surface area contributed by atoms with Gasteiger partial charge < -0.3 is 10.0 Å². The summed E-state index contributed by atoms with van der Waals surface area (Å²) in [5, 5.41) is 9.36. The molecular formula is C16H32N2O. The fourth-order valence-corrected chi connectivity index (χ4v) is 3.88. The van der Waals surface area contributed by atoms with Gasteiger partial charge in [-0.25, -0.2) is 0 Å². The third-order valence-electron chi connectivity index (χ3n) is 5.35. The largest absolute Gasteiger partial charge is 0.395 e. The first-order chi connectivity index (χ1) is 9.20. The van der Waals surface area contributed by atoms with Gasteiger partial charge in [-0.1, -0.05) is 26.2 Å². The molecule has 0 radical (unpaired) electrons. The van der Waals surface area contributed by atoms with E-state index in [0.717, 1.165) is 18.4 Å². The highest BCUT2D eigenvalue weighted by atomic mass is 16.3. The zero-order valence-electron chi connectivity index (χ0n) is 12.9. The maximum atomic E-state index is 9.36. The summed E-state index contributed by atoms with van der Waals surface area (Å²) < 4.78 is 0. The average Bonchev–Trinajstić information content (AvgIpc) is 2.42. The summed E-state index contributed by atoms with van der Waals surface area (Å²) in [4.78, 5) is 5.02. The molecule has 2 aliphatic rings. The number of hydrogen-bond acceptors (Lipinski definition) is 3. The van der Waals surface area contributed by atoms with Crippen molar-refractivity contribution in [2.24, 2.45) is 11.8 Å². The molecule has 0 spiro atoms. The summed E-state index contributed by atoms with van der Waals surface area (Å²) in [5.74, 6) is 1.74. The fraction of sp³-hybridized carbons (Fsp3) is 1.00. The highest BCUT2D eigenvalue weighted by Gasteiger charge is 2.28. The molecule has 1 saturated carbocycles. The summed E-state index contributed by atoms with van der Waals surface area (Å²) in [7, 11) is 2.22. The van der Waals surface area contributed by atoms with E-state index in [9.17, 15) is 5.11 Å². The van der Waals surface area contributed by atoms with Crippen LogP contribution in [0.25, 0.3) is 0 Å². The first-order valence-electron chi connectivity index (χ1n) is 8.24. The van der Waals surface area contributed by atoms with Crippen molar-refractivity contribution in [3.63, 3.8) is 0 Å². The lowest BCUT2D eigenvalue weighted by atomic mass is 9.80. The standard InChI is InChI=1S/C16H32N2O/c1-14-5-3-4-6-15(14)13-18(11-12-19)16-7-9-17(2)10-8-16/h14-16,19H,3-13H2,1-2H3/t14-,15+/m1/s1. The number of rotatable bonds is 5. The van der Waals surface area contributed by atoms with Gasteiger partial charge in [-0.05, 0) is 51.2 Å². The summed E-state index contributed by atoms with van der Waals surface area (Å²) in [6.45, 7) is 7.26. The Morgan fingerprint density at radius 3 is 2.42 bits per heavy atom. The third-order valence-corrected chi connectivity index (χ3v) is 5.35. The highest BCUT2D eigenvalue weighted by Crippen LogP contribution is 2.31. The monoisotopic (exact) mass is 268 g/mol. The second kappa shape index (κ2) is 7.61. The number of likely N-dealkylation sites (tertiary alicyclic amines) is 1. The van der Waals surface area contributed by atoms with E-state index >= 15 is 0 Å². The van der Waals surface area contributed by atoms with Crippen molar-refractivity contribution < 1.29 is 5.11 Å².